The molecule has 2 unspecified atom stereocenters. The fourth-order valence-electron chi connectivity index (χ4n) is 4.31. The Kier molecular flexibility index (Phi) is 4.48. The summed E-state index contributed by atoms with van der Waals surface area (Å²) in [5.41, 5.74) is 0.228. The summed E-state index contributed by atoms with van der Waals surface area (Å²) in [4.78, 5) is 31.5. The van der Waals surface area contributed by atoms with E-state index in [1.807, 2.05) is 54.6 Å². The molecule has 0 aliphatic carbocycles. The van der Waals surface area contributed by atoms with Crippen LogP contribution in [0.15, 0.2) is 58.3 Å². The molecule has 2 bridgehead atoms. The minimum absolute atomic E-state index is 0.204. The molecular weight excluding hydrogens is 416 g/mol. The molecule has 3 heterocycles. The minimum Gasteiger partial charge on any atom is -0.497 e. The molecule has 31 heavy (non-hydrogen) atoms. The Balaban J connectivity index is 1.77. The lowest BCUT2D eigenvalue weighted by Crippen LogP contribution is -2.58. The highest BCUT2D eigenvalue weighted by atomic mass is 32.1. The molecule has 158 valence electrons. The maximum absolute atomic E-state index is 13.5. The second kappa shape index (κ2) is 7.09. The number of nitrogens with zero attached hydrogens (tertiary/aromatic N) is 2. The molecule has 0 amide bonds. The van der Waals surface area contributed by atoms with Crippen LogP contribution in [0.4, 0.5) is 0 Å². The first-order chi connectivity index (χ1) is 14.9. The maximum atomic E-state index is 13.5. The van der Waals surface area contributed by atoms with E-state index >= 15 is 0 Å². The number of aromatic nitrogens is 1. The van der Waals surface area contributed by atoms with Gasteiger partial charge in [0, 0.05) is 5.56 Å². The van der Waals surface area contributed by atoms with Crippen LogP contribution < -0.4 is 24.4 Å². The van der Waals surface area contributed by atoms with Crippen molar-refractivity contribution in [3.8, 4) is 11.5 Å². The number of benzene rings is 2. The van der Waals surface area contributed by atoms with Crippen molar-refractivity contribution in [1.29, 1.82) is 0 Å². The molecule has 3 aromatic rings. The number of hydrogen-bond acceptors (Lipinski definition) is 7. The number of thiazole rings is 1. The number of fused-ring (bicyclic) bond motifs is 6. The molecule has 2 aliphatic rings. The van der Waals surface area contributed by atoms with E-state index in [9.17, 15) is 9.59 Å². The summed E-state index contributed by atoms with van der Waals surface area (Å²) in [6, 6.07) is 14.3. The zero-order chi connectivity index (χ0) is 21.8. The fourth-order valence-corrected chi connectivity index (χ4v) is 5.41. The number of carbonyl (C=O) groups excluding carboxylic acids is 1. The third kappa shape index (κ3) is 2.97. The van der Waals surface area contributed by atoms with Gasteiger partial charge in [-0.15, -0.1) is 0 Å². The van der Waals surface area contributed by atoms with Gasteiger partial charge in [-0.1, -0.05) is 41.7 Å². The summed E-state index contributed by atoms with van der Waals surface area (Å²) in [5.74, 6) is 0.0713. The highest BCUT2D eigenvalue weighted by Gasteiger charge is 2.55. The standard InChI is InChI=1S/C23H20N2O5S/c1-23-18(21(27)29-3)19(15-9-4-5-10-16(15)30-23)25-20(26)17(31-22(25)24-23)12-13-7-6-8-14(11-13)28-2/h4-12,18-19H,1-3H3/b17-12-/t18?,19?,23-/m1/s1. The van der Waals surface area contributed by atoms with Gasteiger partial charge < -0.3 is 14.2 Å². The van der Waals surface area contributed by atoms with Crippen LogP contribution in [0.5, 0.6) is 11.5 Å². The second-order valence-electron chi connectivity index (χ2n) is 7.60. The monoisotopic (exact) mass is 436 g/mol. The fraction of sp³-hybridized carbons (Fsp3) is 0.261. The van der Waals surface area contributed by atoms with E-state index in [1.165, 1.54) is 18.4 Å². The van der Waals surface area contributed by atoms with Crippen molar-refractivity contribution in [2.75, 3.05) is 14.2 Å². The lowest BCUT2D eigenvalue weighted by molar-refractivity contribution is -0.158. The van der Waals surface area contributed by atoms with E-state index in [0.29, 0.717) is 20.8 Å². The van der Waals surface area contributed by atoms with Crippen molar-refractivity contribution in [2.24, 2.45) is 10.9 Å². The Morgan fingerprint density at radius 3 is 2.81 bits per heavy atom. The molecule has 1 aromatic heterocycles. The number of carbonyl (C=O) groups is 1. The van der Waals surface area contributed by atoms with Gasteiger partial charge in [-0.2, -0.15) is 0 Å². The highest BCUT2D eigenvalue weighted by Crippen LogP contribution is 2.47. The van der Waals surface area contributed by atoms with Crippen LogP contribution in [0.25, 0.3) is 6.08 Å². The van der Waals surface area contributed by atoms with E-state index in [1.54, 1.807) is 18.6 Å². The van der Waals surface area contributed by atoms with Crippen LogP contribution in [-0.2, 0) is 9.53 Å². The normalized spacial score (nSPS) is 23.8. The highest BCUT2D eigenvalue weighted by molar-refractivity contribution is 7.07. The molecule has 3 atom stereocenters. The molecule has 5 rings (SSSR count). The lowest BCUT2D eigenvalue weighted by atomic mass is 9.81. The number of rotatable bonds is 3. The smallest absolute Gasteiger partial charge is 0.317 e. The van der Waals surface area contributed by atoms with Crippen molar-refractivity contribution >= 4 is 23.4 Å². The Morgan fingerprint density at radius 1 is 1.23 bits per heavy atom. The predicted octanol–water partition coefficient (Wildman–Crippen LogP) is 1.87. The average molecular weight is 436 g/mol. The quantitative estimate of drug-likeness (QED) is 0.586. The number of methoxy groups -OCH3 is 2. The van der Waals surface area contributed by atoms with Gasteiger partial charge in [-0.25, -0.2) is 4.99 Å². The molecule has 0 radical (unpaired) electrons. The SMILES string of the molecule is COC(=O)C1C2c3ccccc3O[C@@]1(C)N=c1s/c(=C\c3cccc(OC)c3)c(=O)n12. The van der Waals surface area contributed by atoms with Crippen LogP contribution in [-0.4, -0.2) is 30.5 Å². The Bertz CT molecular complexity index is 1380. The van der Waals surface area contributed by atoms with Crippen molar-refractivity contribution in [1.82, 2.24) is 4.57 Å². The Labute approximate surface area is 181 Å². The van der Waals surface area contributed by atoms with E-state index in [4.69, 9.17) is 19.2 Å². The van der Waals surface area contributed by atoms with E-state index < -0.39 is 23.7 Å². The van der Waals surface area contributed by atoms with Crippen LogP contribution in [0.1, 0.15) is 24.1 Å². The predicted molar refractivity (Wildman–Crippen MR) is 115 cm³/mol. The second-order valence-corrected chi connectivity index (χ2v) is 8.61. The average Bonchev–Trinajstić information content (AvgIpc) is 3.06. The first-order valence-corrected chi connectivity index (χ1v) is 10.6. The van der Waals surface area contributed by atoms with Gasteiger partial charge in [-0.3, -0.25) is 14.2 Å². The molecule has 2 aliphatic heterocycles. The molecule has 0 saturated heterocycles. The molecule has 0 spiro atoms. The number of hydrogen-bond donors (Lipinski definition) is 0. The summed E-state index contributed by atoms with van der Waals surface area (Å²) in [7, 11) is 2.93. The van der Waals surface area contributed by atoms with Crippen molar-refractivity contribution < 1.29 is 19.0 Å². The third-order valence-corrected chi connectivity index (χ3v) is 6.71. The topological polar surface area (TPSA) is 79.1 Å². The first kappa shape index (κ1) is 19.6. The van der Waals surface area contributed by atoms with Gasteiger partial charge in [0.25, 0.3) is 5.56 Å². The summed E-state index contributed by atoms with van der Waals surface area (Å²) < 4.78 is 18.6. The van der Waals surface area contributed by atoms with Gasteiger partial charge in [0.1, 0.15) is 17.4 Å². The Hall–Kier alpha value is -3.39. The maximum Gasteiger partial charge on any atom is 0.317 e. The van der Waals surface area contributed by atoms with Crippen LogP contribution >= 0.6 is 11.3 Å². The Morgan fingerprint density at radius 2 is 2.03 bits per heavy atom. The summed E-state index contributed by atoms with van der Waals surface area (Å²) in [6.45, 7) is 1.76. The number of ether oxygens (including phenoxy) is 3. The summed E-state index contributed by atoms with van der Waals surface area (Å²) in [6.07, 6.45) is 1.81. The molecule has 0 saturated carbocycles. The zero-order valence-electron chi connectivity index (χ0n) is 17.2. The van der Waals surface area contributed by atoms with Gasteiger partial charge in [-0.05, 0) is 36.8 Å². The molecule has 2 aromatic carbocycles. The van der Waals surface area contributed by atoms with Crippen LogP contribution in [0.2, 0.25) is 0 Å². The van der Waals surface area contributed by atoms with Crippen LogP contribution in [0.3, 0.4) is 0 Å². The molecular formula is C23H20N2O5S. The van der Waals surface area contributed by atoms with Gasteiger partial charge in [0.2, 0.25) is 5.72 Å². The van der Waals surface area contributed by atoms with Gasteiger partial charge >= 0.3 is 5.97 Å². The van der Waals surface area contributed by atoms with E-state index in [-0.39, 0.29) is 5.56 Å². The molecule has 8 heteroatoms. The third-order valence-electron chi connectivity index (χ3n) is 5.73. The van der Waals surface area contributed by atoms with Crippen molar-refractivity contribution in [2.45, 2.75) is 18.7 Å². The number of para-hydroxylation sites is 1. The summed E-state index contributed by atoms with van der Waals surface area (Å²) in [5, 5.41) is 0. The number of esters is 1. The molecule has 0 N–H and O–H groups in total. The molecule has 0 fully saturated rings. The minimum atomic E-state index is -1.17. The first-order valence-electron chi connectivity index (χ1n) is 9.78. The van der Waals surface area contributed by atoms with Gasteiger partial charge in [0.15, 0.2) is 4.80 Å². The lowest BCUT2D eigenvalue weighted by Gasteiger charge is -2.44. The zero-order valence-corrected chi connectivity index (χ0v) is 18.0. The van der Waals surface area contributed by atoms with Crippen molar-refractivity contribution in [3.63, 3.8) is 0 Å². The largest absolute Gasteiger partial charge is 0.497 e. The van der Waals surface area contributed by atoms with Crippen molar-refractivity contribution in [3.05, 3.63) is 79.3 Å². The summed E-state index contributed by atoms with van der Waals surface area (Å²) >= 11 is 1.28. The van der Waals surface area contributed by atoms with Crippen LogP contribution in [0, 0.1) is 5.92 Å². The molecule has 7 nitrogen and oxygen atoms in total. The van der Waals surface area contributed by atoms with E-state index in [0.717, 1.165) is 11.1 Å². The van der Waals surface area contributed by atoms with Gasteiger partial charge in [0.05, 0.1) is 24.8 Å². The van der Waals surface area contributed by atoms with E-state index in [2.05, 4.69) is 0 Å².